The molecule has 0 spiro atoms. The molecule has 4 nitrogen and oxygen atoms in total. The van der Waals surface area contributed by atoms with Gasteiger partial charge in [-0.3, -0.25) is 0 Å². The molecule has 0 aliphatic carbocycles. The van der Waals surface area contributed by atoms with Crippen molar-refractivity contribution >= 4 is 0 Å². The molecule has 2 aliphatic rings. The standard InChI is InChI=1S/C17H16O4/c18-17(12-5-6-13-11(9-12)7-8-19-13)16-10-20-14-3-1-2-4-15(14)21-16/h1-6,9,16-18H,7-8,10H2. The van der Waals surface area contributed by atoms with Crippen molar-refractivity contribution in [3.63, 3.8) is 0 Å². The van der Waals surface area contributed by atoms with Crippen molar-refractivity contribution in [1.29, 1.82) is 0 Å². The van der Waals surface area contributed by atoms with Gasteiger partial charge in [0.05, 0.1) is 6.61 Å². The van der Waals surface area contributed by atoms with Crippen LogP contribution >= 0.6 is 0 Å². The molecule has 4 heteroatoms. The number of aliphatic hydroxyl groups is 1. The van der Waals surface area contributed by atoms with Crippen molar-refractivity contribution in [2.45, 2.75) is 18.6 Å². The summed E-state index contributed by atoms with van der Waals surface area (Å²) in [5, 5.41) is 10.6. The Bertz CT molecular complexity index is 668. The molecule has 108 valence electrons. The van der Waals surface area contributed by atoms with E-state index in [4.69, 9.17) is 14.2 Å². The van der Waals surface area contributed by atoms with Crippen LogP contribution in [0.1, 0.15) is 17.2 Å². The summed E-state index contributed by atoms with van der Waals surface area (Å²) in [5.74, 6) is 2.32. The fourth-order valence-corrected chi connectivity index (χ4v) is 2.80. The number of hydrogen-bond donors (Lipinski definition) is 1. The summed E-state index contributed by atoms with van der Waals surface area (Å²) in [5.41, 5.74) is 1.98. The molecule has 0 radical (unpaired) electrons. The second kappa shape index (κ2) is 4.97. The van der Waals surface area contributed by atoms with E-state index in [9.17, 15) is 5.11 Å². The first-order valence-corrected chi connectivity index (χ1v) is 7.13. The van der Waals surface area contributed by atoms with Gasteiger partial charge in [0.15, 0.2) is 17.6 Å². The minimum absolute atomic E-state index is 0.339. The number of rotatable bonds is 2. The monoisotopic (exact) mass is 284 g/mol. The molecular formula is C17H16O4. The average molecular weight is 284 g/mol. The van der Waals surface area contributed by atoms with Gasteiger partial charge in [0.2, 0.25) is 0 Å². The van der Waals surface area contributed by atoms with Crippen LogP contribution in [0.4, 0.5) is 0 Å². The number of benzene rings is 2. The molecule has 2 aromatic rings. The van der Waals surface area contributed by atoms with Crippen LogP contribution in [0.15, 0.2) is 42.5 Å². The van der Waals surface area contributed by atoms with Gasteiger partial charge in [0.25, 0.3) is 0 Å². The average Bonchev–Trinajstić information content (AvgIpc) is 3.01. The molecule has 2 atom stereocenters. The van der Waals surface area contributed by atoms with E-state index in [0.29, 0.717) is 19.0 Å². The Labute approximate surface area is 122 Å². The highest BCUT2D eigenvalue weighted by Crippen LogP contribution is 2.35. The van der Waals surface area contributed by atoms with E-state index >= 15 is 0 Å². The maximum absolute atomic E-state index is 10.6. The van der Waals surface area contributed by atoms with Crippen molar-refractivity contribution in [3.8, 4) is 17.2 Å². The molecule has 0 saturated heterocycles. The Balaban J connectivity index is 1.57. The summed E-state index contributed by atoms with van der Waals surface area (Å²) < 4.78 is 17.0. The third-order valence-corrected chi connectivity index (χ3v) is 3.94. The van der Waals surface area contributed by atoms with E-state index in [1.165, 1.54) is 0 Å². The van der Waals surface area contributed by atoms with Gasteiger partial charge in [0.1, 0.15) is 18.5 Å². The van der Waals surface area contributed by atoms with Crippen LogP contribution in [0.2, 0.25) is 0 Å². The SMILES string of the molecule is OC(c1ccc2c(c1)CCO2)C1COc2ccccc2O1. The van der Waals surface area contributed by atoms with Gasteiger partial charge in [-0.1, -0.05) is 18.2 Å². The Morgan fingerprint density at radius 2 is 1.86 bits per heavy atom. The van der Waals surface area contributed by atoms with Crippen molar-refractivity contribution < 1.29 is 19.3 Å². The highest BCUT2D eigenvalue weighted by atomic mass is 16.6. The van der Waals surface area contributed by atoms with Crippen molar-refractivity contribution in [3.05, 3.63) is 53.6 Å². The van der Waals surface area contributed by atoms with Crippen LogP contribution in [-0.2, 0) is 6.42 Å². The van der Waals surface area contributed by atoms with Gasteiger partial charge < -0.3 is 19.3 Å². The number of ether oxygens (including phenoxy) is 3. The zero-order valence-electron chi connectivity index (χ0n) is 11.5. The van der Waals surface area contributed by atoms with Crippen molar-refractivity contribution in [1.82, 2.24) is 0 Å². The molecule has 2 unspecified atom stereocenters. The fraction of sp³-hybridized carbons (Fsp3) is 0.294. The summed E-state index contributed by atoms with van der Waals surface area (Å²) in [6, 6.07) is 13.3. The lowest BCUT2D eigenvalue weighted by Gasteiger charge is -2.29. The molecule has 2 aromatic carbocycles. The van der Waals surface area contributed by atoms with E-state index in [2.05, 4.69) is 0 Å². The zero-order chi connectivity index (χ0) is 14.2. The minimum Gasteiger partial charge on any atom is -0.493 e. The van der Waals surface area contributed by atoms with E-state index in [0.717, 1.165) is 29.0 Å². The largest absolute Gasteiger partial charge is 0.493 e. The summed E-state index contributed by atoms with van der Waals surface area (Å²) >= 11 is 0. The Morgan fingerprint density at radius 3 is 2.76 bits per heavy atom. The van der Waals surface area contributed by atoms with Crippen LogP contribution in [0.3, 0.4) is 0 Å². The maximum atomic E-state index is 10.6. The molecule has 1 N–H and O–H groups in total. The maximum Gasteiger partial charge on any atom is 0.163 e. The summed E-state index contributed by atoms with van der Waals surface area (Å²) in [4.78, 5) is 0. The lowest BCUT2D eigenvalue weighted by atomic mass is 10.0. The smallest absolute Gasteiger partial charge is 0.163 e. The van der Waals surface area contributed by atoms with Crippen LogP contribution in [-0.4, -0.2) is 24.4 Å². The Morgan fingerprint density at radius 1 is 1.00 bits per heavy atom. The molecular weight excluding hydrogens is 268 g/mol. The van der Waals surface area contributed by atoms with Gasteiger partial charge >= 0.3 is 0 Å². The van der Waals surface area contributed by atoms with E-state index < -0.39 is 12.2 Å². The molecule has 4 rings (SSSR count). The minimum atomic E-state index is -0.718. The zero-order valence-corrected chi connectivity index (χ0v) is 11.5. The normalized spacial score (nSPS) is 20.5. The van der Waals surface area contributed by atoms with Gasteiger partial charge in [-0.15, -0.1) is 0 Å². The van der Waals surface area contributed by atoms with Gasteiger partial charge in [-0.25, -0.2) is 0 Å². The highest BCUT2D eigenvalue weighted by molar-refractivity contribution is 5.43. The third-order valence-electron chi connectivity index (χ3n) is 3.94. The lowest BCUT2D eigenvalue weighted by Crippen LogP contribution is -2.34. The molecule has 0 saturated carbocycles. The van der Waals surface area contributed by atoms with Gasteiger partial charge in [0, 0.05) is 6.42 Å². The summed E-state index contributed by atoms with van der Waals surface area (Å²) in [7, 11) is 0. The second-order valence-corrected chi connectivity index (χ2v) is 5.32. The molecule has 0 bridgehead atoms. The van der Waals surface area contributed by atoms with Crippen LogP contribution < -0.4 is 14.2 Å². The van der Waals surface area contributed by atoms with Crippen molar-refractivity contribution in [2.24, 2.45) is 0 Å². The van der Waals surface area contributed by atoms with Gasteiger partial charge in [-0.2, -0.15) is 0 Å². The van der Waals surface area contributed by atoms with Gasteiger partial charge in [-0.05, 0) is 35.4 Å². The summed E-state index contributed by atoms with van der Waals surface area (Å²) in [6.45, 7) is 1.05. The van der Waals surface area contributed by atoms with Crippen LogP contribution in [0.5, 0.6) is 17.2 Å². The number of para-hydroxylation sites is 2. The third kappa shape index (κ3) is 2.21. The fourth-order valence-electron chi connectivity index (χ4n) is 2.80. The first-order valence-electron chi connectivity index (χ1n) is 7.13. The lowest BCUT2D eigenvalue weighted by molar-refractivity contribution is -0.0113. The number of aliphatic hydroxyl groups excluding tert-OH is 1. The van der Waals surface area contributed by atoms with E-state index in [1.54, 1.807) is 0 Å². The molecule has 2 heterocycles. The molecule has 21 heavy (non-hydrogen) atoms. The molecule has 0 amide bonds. The summed E-state index contributed by atoms with van der Waals surface area (Å²) in [6.07, 6.45) is -0.231. The second-order valence-electron chi connectivity index (χ2n) is 5.32. The first kappa shape index (κ1) is 12.5. The predicted molar refractivity (Wildman–Crippen MR) is 77.0 cm³/mol. The van der Waals surface area contributed by atoms with Crippen molar-refractivity contribution in [2.75, 3.05) is 13.2 Å². The molecule has 2 aliphatic heterocycles. The topological polar surface area (TPSA) is 47.9 Å². The molecule has 0 fully saturated rings. The first-order chi connectivity index (χ1) is 10.3. The number of hydrogen-bond acceptors (Lipinski definition) is 4. The highest BCUT2D eigenvalue weighted by Gasteiger charge is 2.29. The van der Waals surface area contributed by atoms with Crippen LogP contribution in [0.25, 0.3) is 0 Å². The Kier molecular flexibility index (Phi) is 2.97. The molecule has 0 aromatic heterocycles. The van der Waals surface area contributed by atoms with E-state index in [1.807, 2.05) is 42.5 Å². The van der Waals surface area contributed by atoms with Crippen LogP contribution in [0, 0.1) is 0 Å². The number of fused-ring (bicyclic) bond motifs is 2. The Hall–Kier alpha value is -2.20. The quantitative estimate of drug-likeness (QED) is 0.920. The predicted octanol–water partition coefficient (Wildman–Crippen LogP) is 2.49. The van der Waals surface area contributed by atoms with E-state index in [-0.39, 0.29) is 0 Å².